The number of aromatic hydroxyl groups is 1. The molecule has 0 saturated carbocycles. The lowest BCUT2D eigenvalue weighted by atomic mass is 10.0. The molecule has 0 spiro atoms. The molecule has 5 heteroatoms. The van der Waals surface area contributed by atoms with Crippen molar-refractivity contribution in [3.05, 3.63) is 22.8 Å². The molecule has 0 unspecified atom stereocenters. The Balaban J connectivity index is 0.000000399. The molecular formula is C14H20O5. The van der Waals surface area contributed by atoms with Crippen LogP contribution >= 0.6 is 0 Å². The zero-order valence-electron chi connectivity index (χ0n) is 11.7. The average Bonchev–Trinajstić information content (AvgIpc) is 3.13. The van der Waals surface area contributed by atoms with Crippen LogP contribution in [-0.4, -0.2) is 35.5 Å². The minimum absolute atomic E-state index is 0.263. The first-order chi connectivity index (χ1) is 8.82. The highest BCUT2D eigenvalue weighted by Crippen LogP contribution is 2.32. The van der Waals surface area contributed by atoms with E-state index in [1.807, 2.05) is 26.8 Å². The number of hydrogen-bond acceptors (Lipinski definition) is 4. The molecular weight excluding hydrogens is 248 g/mol. The fourth-order valence-corrected chi connectivity index (χ4v) is 1.53. The van der Waals surface area contributed by atoms with E-state index in [0.717, 1.165) is 36.0 Å². The predicted octanol–water partition coefficient (Wildman–Crippen LogP) is 2.19. The molecule has 106 valence electrons. The van der Waals surface area contributed by atoms with Crippen molar-refractivity contribution in [2.45, 2.75) is 33.8 Å². The molecule has 1 heterocycles. The number of carboxylic acids is 1. The van der Waals surface area contributed by atoms with Gasteiger partial charge < -0.3 is 19.7 Å². The highest BCUT2D eigenvalue weighted by atomic mass is 16.6. The Bertz CT molecular complexity index is 459. The van der Waals surface area contributed by atoms with E-state index in [1.165, 1.54) is 0 Å². The van der Waals surface area contributed by atoms with Gasteiger partial charge in [-0.25, -0.2) is 0 Å². The number of phenols is 1. The third-order valence-corrected chi connectivity index (χ3v) is 2.84. The summed E-state index contributed by atoms with van der Waals surface area (Å²) in [6.45, 7) is 8.22. The maximum atomic E-state index is 9.72. The smallest absolute Gasteiger partial charge is 0.300 e. The van der Waals surface area contributed by atoms with Gasteiger partial charge >= 0.3 is 0 Å². The van der Waals surface area contributed by atoms with Crippen molar-refractivity contribution in [1.29, 1.82) is 0 Å². The summed E-state index contributed by atoms with van der Waals surface area (Å²) in [6.07, 6.45) is 0.263. The lowest BCUT2D eigenvalue weighted by Crippen LogP contribution is -2.06. The van der Waals surface area contributed by atoms with E-state index in [0.29, 0.717) is 12.4 Å². The fraction of sp³-hybridized carbons (Fsp3) is 0.500. The van der Waals surface area contributed by atoms with Crippen LogP contribution in [0.2, 0.25) is 0 Å². The number of benzene rings is 1. The van der Waals surface area contributed by atoms with Crippen molar-refractivity contribution in [1.82, 2.24) is 0 Å². The van der Waals surface area contributed by atoms with E-state index < -0.39 is 5.97 Å². The maximum Gasteiger partial charge on any atom is 0.300 e. The molecule has 1 aromatic carbocycles. The van der Waals surface area contributed by atoms with Gasteiger partial charge in [0.15, 0.2) is 0 Å². The number of phenolic OH excluding ortho intramolecular Hbond substituents is 1. The summed E-state index contributed by atoms with van der Waals surface area (Å²) in [7, 11) is 0. The van der Waals surface area contributed by atoms with E-state index >= 15 is 0 Å². The van der Waals surface area contributed by atoms with Crippen LogP contribution in [0.1, 0.15) is 23.6 Å². The Labute approximate surface area is 112 Å². The van der Waals surface area contributed by atoms with Crippen LogP contribution in [0.4, 0.5) is 0 Å². The Morgan fingerprint density at radius 1 is 1.42 bits per heavy atom. The fourth-order valence-electron chi connectivity index (χ4n) is 1.53. The molecule has 2 rings (SSSR count). The van der Waals surface area contributed by atoms with Crippen LogP contribution in [0.15, 0.2) is 6.07 Å². The summed E-state index contributed by atoms with van der Waals surface area (Å²) in [6, 6.07) is 1.88. The Hall–Kier alpha value is -1.75. The number of carbonyl (C=O) groups is 1. The lowest BCUT2D eigenvalue weighted by Gasteiger charge is -2.13. The number of aryl methyl sites for hydroxylation is 1. The number of rotatable bonds is 3. The monoisotopic (exact) mass is 268 g/mol. The van der Waals surface area contributed by atoms with Crippen molar-refractivity contribution in [2.24, 2.45) is 0 Å². The van der Waals surface area contributed by atoms with Crippen LogP contribution in [0.5, 0.6) is 11.5 Å². The van der Waals surface area contributed by atoms with E-state index in [-0.39, 0.29) is 6.10 Å². The van der Waals surface area contributed by atoms with Crippen LogP contribution in [0.25, 0.3) is 0 Å². The van der Waals surface area contributed by atoms with E-state index in [2.05, 4.69) is 0 Å². The Kier molecular flexibility index (Phi) is 5.18. The van der Waals surface area contributed by atoms with Gasteiger partial charge in [0, 0.05) is 6.92 Å². The molecule has 0 aromatic heterocycles. The summed E-state index contributed by atoms with van der Waals surface area (Å²) in [5, 5.41) is 17.1. The van der Waals surface area contributed by atoms with Crippen molar-refractivity contribution in [2.75, 3.05) is 13.2 Å². The van der Waals surface area contributed by atoms with Crippen molar-refractivity contribution >= 4 is 5.97 Å². The van der Waals surface area contributed by atoms with Crippen molar-refractivity contribution in [3.8, 4) is 11.5 Å². The third kappa shape index (κ3) is 4.79. The van der Waals surface area contributed by atoms with Gasteiger partial charge in [0.25, 0.3) is 5.97 Å². The molecule has 1 aliphatic rings. The van der Waals surface area contributed by atoms with E-state index in [4.69, 9.17) is 19.4 Å². The SMILES string of the molecule is CC(=O)O.Cc1cc(OC[C@@H]2CO2)c(C)c(C)c1O. The Morgan fingerprint density at radius 3 is 2.42 bits per heavy atom. The molecule has 1 saturated heterocycles. The molecule has 19 heavy (non-hydrogen) atoms. The summed E-state index contributed by atoms with van der Waals surface area (Å²) in [5.41, 5.74) is 2.74. The third-order valence-electron chi connectivity index (χ3n) is 2.84. The zero-order chi connectivity index (χ0) is 14.6. The molecule has 0 amide bonds. The molecule has 1 fully saturated rings. The van der Waals surface area contributed by atoms with Crippen LogP contribution in [-0.2, 0) is 9.53 Å². The minimum Gasteiger partial charge on any atom is -0.507 e. The van der Waals surface area contributed by atoms with Gasteiger partial charge in [0.05, 0.1) is 6.61 Å². The van der Waals surface area contributed by atoms with Crippen LogP contribution in [0, 0.1) is 20.8 Å². The molecule has 5 nitrogen and oxygen atoms in total. The zero-order valence-corrected chi connectivity index (χ0v) is 11.7. The first-order valence-corrected chi connectivity index (χ1v) is 6.06. The van der Waals surface area contributed by atoms with Gasteiger partial charge in [0.1, 0.15) is 24.2 Å². The van der Waals surface area contributed by atoms with E-state index in [1.54, 1.807) is 0 Å². The summed E-state index contributed by atoms with van der Waals surface area (Å²) < 4.78 is 10.7. The minimum atomic E-state index is -0.833. The number of hydrogen-bond donors (Lipinski definition) is 2. The van der Waals surface area contributed by atoms with Gasteiger partial charge in [-0.3, -0.25) is 4.79 Å². The van der Waals surface area contributed by atoms with Gasteiger partial charge in [-0.1, -0.05) is 0 Å². The lowest BCUT2D eigenvalue weighted by molar-refractivity contribution is -0.134. The van der Waals surface area contributed by atoms with Crippen molar-refractivity contribution in [3.63, 3.8) is 0 Å². The summed E-state index contributed by atoms with van der Waals surface area (Å²) in [4.78, 5) is 9.00. The summed E-state index contributed by atoms with van der Waals surface area (Å²) >= 11 is 0. The second-order valence-corrected chi connectivity index (χ2v) is 4.58. The number of carboxylic acid groups (broad SMARTS) is 1. The first kappa shape index (κ1) is 15.3. The predicted molar refractivity (Wildman–Crippen MR) is 70.9 cm³/mol. The number of aliphatic carboxylic acids is 1. The molecule has 0 aliphatic carbocycles. The maximum absolute atomic E-state index is 9.72. The second kappa shape index (κ2) is 6.43. The standard InChI is InChI=1S/C12H16O3.C2H4O2/c1-7-4-11(15-6-10-5-14-10)8(2)9(3)12(7)13;1-2(3)4/h4,10,13H,5-6H2,1-3H3;1H3,(H,3,4)/t10-;/m0./s1. The summed E-state index contributed by atoms with van der Waals surface area (Å²) in [5.74, 6) is 0.376. The number of epoxide rings is 1. The van der Waals surface area contributed by atoms with Crippen LogP contribution < -0.4 is 4.74 Å². The van der Waals surface area contributed by atoms with Gasteiger partial charge in [0.2, 0.25) is 0 Å². The van der Waals surface area contributed by atoms with Gasteiger partial charge in [-0.05, 0) is 43.5 Å². The molecule has 1 atom stereocenters. The quantitative estimate of drug-likeness (QED) is 0.821. The topological polar surface area (TPSA) is 79.3 Å². The molecule has 0 bridgehead atoms. The molecule has 0 radical (unpaired) electrons. The molecule has 1 aliphatic heterocycles. The average molecular weight is 268 g/mol. The van der Waals surface area contributed by atoms with Crippen LogP contribution in [0.3, 0.4) is 0 Å². The highest BCUT2D eigenvalue weighted by Gasteiger charge is 2.23. The highest BCUT2D eigenvalue weighted by molar-refractivity contribution is 5.62. The van der Waals surface area contributed by atoms with Gasteiger partial charge in [-0.15, -0.1) is 0 Å². The second-order valence-electron chi connectivity index (χ2n) is 4.58. The first-order valence-electron chi connectivity index (χ1n) is 6.06. The Morgan fingerprint density at radius 2 is 1.95 bits per heavy atom. The van der Waals surface area contributed by atoms with Crippen molar-refractivity contribution < 1.29 is 24.5 Å². The molecule has 1 aromatic rings. The largest absolute Gasteiger partial charge is 0.507 e. The van der Waals surface area contributed by atoms with E-state index in [9.17, 15) is 5.11 Å². The van der Waals surface area contributed by atoms with Gasteiger partial charge in [-0.2, -0.15) is 0 Å². The number of ether oxygens (including phenoxy) is 2. The molecule has 2 N–H and O–H groups in total. The normalized spacial score (nSPS) is 16.3.